The summed E-state index contributed by atoms with van der Waals surface area (Å²) >= 11 is 0. The zero-order valence-electron chi connectivity index (χ0n) is 11.5. The Balaban J connectivity index is 2.72. The molecule has 0 bridgehead atoms. The van der Waals surface area contributed by atoms with E-state index in [2.05, 4.69) is 12.1 Å². The van der Waals surface area contributed by atoms with Gasteiger partial charge in [0.15, 0.2) is 0 Å². The zero-order valence-corrected chi connectivity index (χ0v) is 11.5. The van der Waals surface area contributed by atoms with E-state index < -0.39 is 6.61 Å². The van der Waals surface area contributed by atoms with Crippen LogP contribution in [0.15, 0.2) is 12.1 Å². The van der Waals surface area contributed by atoms with Crippen molar-refractivity contribution in [1.29, 1.82) is 0 Å². The standard InChI is InChI=1S/C14H21NO3/c1-10-7-12(8-11(2)14(10)18-4)5-6-15(3)13(17)9-16/h7-8,16H,5-6,9H2,1-4H3. The predicted octanol–water partition coefficient (Wildman–Crippen LogP) is 1.31. The monoisotopic (exact) mass is 251 g/mol. The summed E-state index contributed by atoms with van der Waals surface area (Å²) in [5.41, 5.74) is 3.37. The molecule has 0 atom stereocenters. The summed E-state index contributed by atoms with van der Waals surface area (Å²) in [6, 6.07) is 4.15. The van der Waals surface area contributed by atoms with Gasteiger partial charge in [-0.15, -0.1) is 0 Å². The van der Waals surface area contributed by atoms with Gasteiger partial charge in [-0.05, 0) is 37.0 Å². The van der Waals surface area contributed by atoms with Crippen molar-refractivity contribution in [3.8, 4) is 5.75 Å². The van der Waals surface area contributed by atoms with Crippen LogP contribution in [0.25, 0.3) is 0 Å². The number of hydrogen-bond acceptors (Lipinski definition) is 3. The van der Waals surface area contributed by atoms with Gasteiger partial charge >= 0.3 is 0 Å². The Hall–Kier alpha value is -1.55. The van der Waals surface area contributed by atoms with Crippen molar-refractivity contribution in [3.63, 3.8) is 0 Å². The van der Waals surface area contributed by atoms with Crippen LogP contribution >= 0.6 is 0 Å². The second-order valence-electron chi connectivity index (χ2n) is 4.49. The number of benzene rings is 1. The molecule has 1 aromatic carbocycles. The van der Waals surface area contributed by atoms with Crippen LogP contribution in [0.2, 0.25) is 0 Å². The number of aliphatic hydroxyl groups excluding tert-OH is 1. The average molecular weight is 251 g/mol. The maximum Gasteiger partial charge on any atom is 0.248 e. The summed E-state index contributed by atoms with van der Waals surface area (Å²) in [7, 11) is 3.37. The quantitative estimate of drug-likeness (QED) is 0.858. The lowest BCUT2D eigenvalue weighted by atomic mass is 10.0. The Morgan fingerprint density at radius 1 is 1.33 bits per heavy atom. The van der Waals surface area contributed by atoms with Gasteiger partial charge in [0.25, 0.3) is 0 Å². The van der Waals surface area contributed by atoms with E-state index in [-0.39, 0.29) is 5.91 Å². The highest BCUT2D eigenvalue weighted by atomic mass is 16.5. The van der Waals surface area contributed by atoms with Crippen LogP contribution in [-0.2, 0) is 11.2 Å². The van der Waals surface area contributed by atoms with Gasteiger partial charge < -0.3 is 14.7 Å². The fourth-order valence-electron chi connectivity index (χ4n) is 2.05. The van der Waals surface area contributed by atoms with Gasteiger partial charge in [-0.3, -0.25) is 4.79 Å². The Kier molecular flexibility index (Phi) is 5.16. The minimum Gasteiger partial charge on any atom is -0.496 e. The second kappa shape index (κ2) is 6.40. The summed E-state index contributed by atoms with van der Waals surface area (Å²) in [6.07, 6.45) is 0.772. The number of likely N-dealkylation sites (N-methyl/N-ethyl adjacent to an activating group) is 1. The summed E-state index contributed by atoms with van der Waals surface area (Å²) in [4.78, 5) is 12.8. The molecule has 0 aromatic heterocycles. The van der Waals surface area contributed by atoms with Gasteiger partial charge in [0, 0.05) is 13.6 Å². The lowest BCUT2D eigenvalue weighted by Gasteiger charge is -2.17. The highest BCUT2D eigenvalue weighted by molar-refractivity contribution is 5.76. The molecule has 0 aliphatic carbocycles. The van der Waals surface area contributed by atoms with E-state index in [1.165, 1.54) is 10.5 Å². The molecule has 0 radical (unpaired) electrons. The van der Waals surface area contributed by atoms with E-state index in [1.807, 2.05) is 13.8 Å². The molecule has 0 aliphatic rings. The minimum atomic E-state index is -0.433. The number of aryl methyl sites for hydroxylation is 2. The van der Waals surface area contributed by atoms with Crippen LogP contribution in [0.5, 0.6) is 5.75 Å². The third-order valence-electron chi connectivity index (χ3n) is 3.02. The lowest BCUT2D eigenvalue weighted by molar-refractivity contribution is -0.132. The summed E-state index contributed by atoms with van der Waals surface area (Å²) in [6.45, 7) is 4.19. The van der Waals surface area contributed by atoms with Gasteiger partial charge in [-0.25, -0.2) is 0 Å². The molecule has 100 valence electrons. The van der Waals surface area contributed by atoms with E-state index in [9.17, 15) is 4.79 Å². The molecular weight excluding hydrogens is 230 g/mol. The molecule has 1 rings (SSSR count). The van der Waals surface area contributed by atoms with Crippen LogP contribution < -0.4 is 4.74 Å². The van der Waals surface area contributed by atoms with Crippen molar-refractivity contribution in [2.45, 2.75) is 20.3 Å². The van der Waals surface area contributed by atoms with E-state index >= 15 is 0 Å². The summed E-state index contributed by atoms with van der Waals surface area (Å²) in [5.74, 6) is 0.662. The minimum absolute atomic E-state index is 0.253. The van der Waals surface area contributed by atoms with Crippen LogP contribution in [-0.4, -0.2) is 43.2 Å². The molecule has 1 aromatic rings. The molecule has 0 aliphatic heterocycles. The van der Waals surface area contributed by atoms with E-state index in [1.54, 1.807) is 14.2 Å². The van der Waals surface area contributed by atoms with Crippen molar-refractivity contribution < 1.29 is 14.6 Å². The smallest absolute Gasteiger partial charge is 0.248 e. The molecular formula is C14H21NO3. The van der Waals surface area contributed by atoms with E-state index in [4.69, 9.17) is 9.84 Å². The summed E-state index contributed by atoms with van der Waals surface area (Å²) < 4.78 is 5.31. The van der Waals surface area contributed by atoms with Crippen molar-refractivity contribution in [2.75, 3.05) is 27.3 Å². The van der Waals surface area contributed by atoms with Gasteiger partial charge in [-0.1, -0.05) is 12.1 Å². The molecule has 0 heterocycles. The largest absolute Gasteiger partial charge is 0.496 e. The maximum atomic E-state index is 11.2. The Morgan fingerprint density at radius 2 is 1.89 bits per heavy atom. The van der Waals surface area contributed by atoms with E-state index in [0.29, 0.717) is 6.54 Å². The third kappa shape index (κ3) is 3.47. The molecule has 4 nitrogen and oxygen atoms in total. The predicted molar refractivity (Wildman–Crippen MR) is 70.9 cm³/mol. The topological polar surface area (TPSA) is 49.8 Å². The van der Waals surface area contributed by atoms with Crippen molar-refractivity contribution in [2.24, 2.45) is 0 Å². The first-order chi connectivity index (χ1) is 8.49. The second-order valence-corrected chi connectivity index (χ2v) is 4.49. The van der Waals surface area contributed by atoms with Gasteiger partial charge in [0.05, 0.1) is 7.11 Å². The van der Waals surface area contributed by atoms with Crippen LogP contribution in [0, 0.1) is 13.8 Å². The highest BCUT2D eigenvalue weighted by Gasteiger charge is 2.09. The Morgan fingerprint density at radius 3 is 2.33 bits per heavy atom. The lowest BCUT2D eigenvalue weighted by Crippen LogP contribution is -2.31. The number of nitrogens with zero attached hydrogens (tertiary/aromatic N) is 1. The molecule has 18 heavy (non-hydrogen) atoms. The number of carbonyl (C=O) groups is 1. The number of carbonyl (C=O) groups excluding carboxylic acids is 1. The van der Waals surface area contributed by atoms with Crippen LogP contribution in [0.4, 0.5) is 0 Å². The zero-order chi connectivity index (χ0) is 13.7. The fourth-order valence-corrected chi connectivity index (χ4v) is 2.05. The molecule has 4 heteroatoms. The van der Waals surface area contributed by atoms with Crippen molar-refractivity contribution >= 4 is 5.91 Å². The number of amides is 1. The van der Waals surface area contributed by atoms with Crippen LogP contribution in [0.1, 0.15) is 16.7 Å². The normalized spacial score (nSPS) is 10.3. The molecule has 0 fully saturated rings. The number of methoxy groups -OCH3 is 1. The Labute approximate surface area is 108 Å². The first kappa shape index (κ1) is 14.5. The van der Waals surface area contributed by atoms with Gasteiger partial charge in [-0.2, -0.15) is 0 Å². The highest BCUT2D eigenvalue weighted by Crippen LogP contribution is 2.24. The van der Waals surface area contributed by atoms with Crippen molar-refractivity contribution in [3.05, 3.63) is 28.8 Å². The number of aliphatic hydroxyl groups is 1. The molecule has 1 N–H and O–H groups in total. The number of ether oxygens (including phenoxy) is 1. The molecule has 0 saturated heterocycles. The molecule has 1 amide bonds. The maximum absolute atomic E-state index is 11.2. The Bertz CT molecular complexity index is 406. The average Bonchev–Trinajstić information content (AvgIpc) is 2.34. The number of rotatable bonds is 5. The molecule has 0 unspecified atom stereocenters. The first-order valence-corrected chi connectivity index (χ1v) is 5.98. The number of hydrogen-bond donors (Lipinski definition) is 1. The molecule has 0 saturated carbocycles. The fraction of sp³-hybridized carbons (Fsp3) is 0.500. The SMILES string of the molecule is COc1c(C)cc(CCN(C)C(=O)CO)cc1C. The summed E-state index contributed by atoms with van der Waals surface area (Å²) in [5, 5.41) is 8.75. The molecule has 0 spiro atoms. The van der Waals surface area contributed by atoms with Gasteiger partial charge in [0.1, 0.15) is 12.4 Å². The first-order valence-electron chi connectivity index (χ1n) is 5.98. The van der Waals surface area contributed by atoms with Crippen LogP contribution in [0.3, 0.4) is 0 Å². The third-order valence-corrected chi connectivity index (χ3v) is 3.02. The van der Waals surface area contributed by atoms with Gasteiger partial charge in [0.2, 0.25) is 5.91 Å². The van der Waals surface area contributed by atoms with E-state index in [0.717, 1.165) is 23.3 Å². The van der Waals surface area contributed by atoms with Crippen molar-refractivity contribution in [1.82, 2.24) is 4.90 Å².